The molecule has 0 aliphatic carbocycles. The second-order valence-corrected chi connectivity index (χ2v) is 4.86. The third kappa shape index (κ3) is 11.0. The molecule has 112 valence electrons. The molecule has 2 aliphatic heterocycles. The van der Waals surface area contributed by atoms with E-state index in [2.05, 4.69) is 23.8 Å². The smallest absolute Gasteiger partial charge is 0.00188 e. The number of hydrogen-bond donors (Lipinski definition) is 0. The molecular weight excluding hydrogens is 220 g/mol. The van der Waals surface area contributed by atoms with Gasteiger partial charge < -0.3 is 9.80 Å². The van der Waals surface area contributed by atoms with Crippen LogP contribution in [0.3, 0.4) is 0 Å². The Hall–Kier alpha value is -0.0800. The molecule has 0 radical (unpaired) electrons. The Balaban J connectivity index is 0. The van der Waals surface area contributed by atoms with Gasteiger partial charge in [0.05, 0.1) is 0 Å². The van der Waals surface area contributed by atoms with E-state index in [1.165, 1.54) is 71.2 Å². The quantitative estimate of drug-likeness (QED) is 0.693. The van der Waals surface area contributed by atoms with Crippen LogP contribution in [0.25, 0.3) is 0 Å². The van der Waals surface area contributed by atoms with Crippen LogP contribution in [0.5, 0.6) is 0 Å². The van der Waals surface area contributed by atoms with Crippen LogP contribution in [-0.4, -0.2) is 49.6 Å². The summed E-state index contributed by atoms with van der Waals surface area (Å²) >= 11 is 0. The minimum Gasteiger partial charge on any atom is -0.306 e. The molecule has 2 heterocycles. The molecule has 0 aromatic heterocycles. The third-order valence-electron chi connectivity index (χ3n) is 3.48. The molecule has 0 saturated carbocycles. The van der Waals surface area contributed by atoms with Crippen LogP contribution in [0.2, 0.25) is 0 Å². The highest BCUT2D eigenvalue weighted by atomic mass is 15.1. The SMILES string of the molecule is C.CC.CCN1CCCCC1.CN1CCCCC1. The average molecular weight is 258 g/mol. The van der Waals surface area contributed by atoms with Gasteiger partial charge in [0.15, 0.2) is 0 Å². The number of hydrogen-bond acceptors (Lipinski definition) is 2. The minimum absolute atomic E-state index is 0. The highest BCUT2D eigenvalue weighted by molar-refractivity contribution is 4.61. The molecule has 2 heteroatoms. The van der Waals surface area contributed by atoms with Crippen molar-refractivity contribution in [3.8, 4) is 0 Å². The molecule has 2 fully saturated rings. The number of piperidine rings is 2. The van der Waals surface area contributed by atoms with E-state index in [-0.39, 0.29) is 7.43 Å². The van der Waals surface area contributed by atoms with Gasteiger partial charge in [0.25, 0.3) is 0 Å². The molecule has 0 aromatic rings. The Morgan fingerprint density at radius 1 is 0.722 bits per heavy atom. The van der Waals surface area contributed by atoms with E-state index in [1.807, 2.05) is 13.8 Å². The first kappa shape index (κ1) is 20.2. The highest BCUT2D eigenvalue weighted by Gasteiger charge is 2.05. The van der Waals surface area contributed by atoms with E-state index in [1.54, 1.807) is 0 Å². The lowest BCUT2D eigenvalue weighted by Gasteiger charge is -2.24. The van der Waals surface area contributed by atoms with Crippen LogP contribution in [0.4, 0.5) is 0 Å². The van der Waals surface area contributed by atoms with Crippen LogP contribution in [0, 0.1) is 0 Å². The highest BCUT2D eigenvalue weighted by Crippen LogP contribution is 2.06. The second-order valence-electron chi connectivity index (χ2n) is 4.86. The summed E-state index contributed by atoms with van der Waals surface area (Å²) in [6.45, 7) is 12.8. The summed E-state index contributed by atoms with van der Waals surface area (Å²) in [4.78, 5) is 4.91. The van der Waals surface area contributed by atoms with E-state index in [4.69, 9.17) is 0 Å². The normalized spacial score (nSPS) is 20.7. The molecule has 0 N–H and O–H groups in total. The molecular formula is C16H38N2. The van der Waals surface area contributed by atoms with Gasteiger partial charge in [0.1, 0.15) is 0 Å². The summed E-state index contributed by atoms with van der Waals surface area (Å²) < 4.78 is 0. The molecule has 0 bridgehead atoms. The zero-order valence-corrected chi connectivity index (χ0v) is 12.7. The fourth-order valence-corrected chi connectivity index (χ4v) is 2.33. The van der Waals surface area contributed by atoms with Crippen molar-refractivity contribution < 1.29 is 0 Å². The summed E-state index contributed by atoms with van der Waals surface area (Å²) in [6, 6.07) is 0. The number of nitrogens with zero attached hydrogens (tertiary/aromatic N) is 2. The molecule has 2 saturated heterocycles. The zero-order valence-electron chi connectivity index (χ0n) is 12.7. The molecule has 0 unspecified atom stereocenters. The first-order chi connectivity index (χ1) is 8.33. The van der Waals surface area contributed by atoms with Crippen molar-refractivity contribution in [3.05, 3.63) is 0 Å². The lowest BCUT2D eigenvalue weighted by molar-refractivity contribution is 0.240. The van der Waals surface area contributed by atoms with Crippen LogP contribution >= 0.6 is 0 Å². The lowest BCUT2D eigenvalue weighted by atomic mass is 10.1. The van der Waals surface area contributed by atoms with Gasteiger partial charge in [0.2, 0.25) is 0 Å². The van der Waals surface area contributed by atoms with Gasteiger partial charge in [-0.05, 0) is 65.5 Å². The van der Waals surface area contributed by atoms with Crippen LogP contribution < -0.4 is 0 Å². The van der Waals surface area contributed by atoms with Gasteiger partial charge >= 0.3 is 0 Å². The van der Waals surface area contributed by atoms with Gasteiger partial charge in [-0.2, -0.15) is 0 Å². The predicted molar refractivity (Wildman–Crippen MR) is 85.4 cm³/mol. The van der Waals surface area contributed by atoms with Gasteiger partial charge in [0, 0.05) is 0 Å². The van der Waals surface area contributed by atoms with Crippen LogP contribution in [0.1, 0.15) is 66.7 Å². The first-order valence-electron chi connectivity index (χ1n) is 7.74. The molecule has 0 spiro atoms. The second kappa shape index (κ2) is 15.0. The fraction of sp³-hybridized carbons (Fsp3) is 1.00. The average Bonchev–Trinajstić information content (AvgIpc) is 2.43. The summed E-state index contributed by atoms with van der Waals surface area (Å²) in [5.41, 5.74) is 0. The summed E-state index contributed by atoms with van der Waals surface area (Å²) in [7, 11) is 2.19. The van der Waals surface area contributed by atoms with Crippen molar-refractivity contribution in [1.82, 2.24) is 9.80 Å². The molecule has 2 nitrogen and oxygen atoms in total. The summed E-state index contributed by atoms with van der Waals surface area (Å²) in [5, 5.41) is 0. The molecule has 0 aromatic carbocycles. The summed E-state index contributed by atoms with van der Waals surface area (Å²) in [6.07, 6.45) is 8.58. The molecule has 0 atom stereocenters. The van der Waals surface area contributed by atoms with E-state index in [0.29, 0.717) is 0 Å². The topological polar surface area (TPSA) is 6.48 Å². The lowest BCUT2D eigenvalue weighted by Crippen LogP contribution is -2.29. The Kier molecular flexibility index (Phi) is 16.8. The van der Waals surface area contributed by atoms with Crippen molar-refractivity contribution in [1.29, 1.82) is 0 Å². The maximum Gasteiger partial charge on any atom is -0.00188 e. The molecule has 2 rings (SSSR count). The first-order valence-corrected chi connectivity index (χ1v) is 7.74. The fourth-order valence-electron chi connectivity index (χ4n) is 2.33. The van der Waals surface area contributed by atoms with Gasteiger partial charge in [-0.1, -0.05) is 41.0 Å². The minimum atomic E-state index is 0. The van der Waals surface area contributed by atoms with Gasteiger partial charge in [-0.15, -0.1) is 0 Å². The third-order valence-corrected chi connectivity index (χ3v) is 3.48. The molecule has 18 heavy (non-hydrogen) atoms. The predicted octanol–water partition coefficient (Wildman–Crippen LogP) is 4.26. The van der Waals surface area contributed by atoms with E-state index in [0.717, 1.165) is 0 Å². The molecule has 0 amide bonds. The maximum atomic E-state index is 2.52. The van der Waals surface area contributed by atoms with Crippen molar-refractivity contribution in [2.75, 3.05) is 39.8 Å². The van der Waals surface area contributed by atoms with Crippen molar-refractivity contribution >= 4 is 0 Å². The number of likely N-dealkylation sites (tertiary alicyclic amines) is 2. The molecule has 2 aliphatic rings. The Morgan fingerprint density at radius 2 is 1.11 bits per heavy atom. The van der Waals surface area contributed by atoms with E-state index < -0.39 is 0 Å². The van der Waals surface area contributed by atoms with E-state index in [9.17, 15) is 0 Å². The Labute approximate surface area is 117 Å². The standard InChI is InChI=1S/C7H15N.C6H13N.C2H6.CH4/c1-2-8-6-4-3-5-7-8;1-7-5-3-2-4-6-7;1-2;/h2-7H2,1H3;2-6H2,1H3;1-2H3;1H4. The summed E-state index contributed by atoms with van der Waals surface area (Å²) in [5.74, 6) is 0. The van der Waals surface area contributed by atoms with Crippen molar-refractivity contribution in [3.63, 3.8) is 0 Å². The van der Waals surface area contributed by atoms with Gasteiger partial charge in [-0.3, -0.25) is 0 Å². The van der Waals surface area contributed by atoms with Crippen molar-refractivity contribution in [2.24, 2.45) is 0 Å². The maximum absolute atomic E-state index is 2.52. The largest absolute Gasteiger partial charge is 0.306 e. The monoisotopic (exact) mass is 258 g/mol. The Bertz CT molecular complexity index is 136. The van der Waals surface area contributed by atoms with E-state index >= 15 is 0 Å². The Morgan fingerprint density at radius 3 is 1.33 bits per heavy atom. The number of rotatable bonds is 1. The van der Waals surface area contributed by atoms with Crippen molar-refractivity contribution in [2.45, 2.75) is 66.7 Å². The van der Waals surface area contributed by atoms with Crippen LogP contribution in [-0.2, 0) is 0 Å². The van der Waals surface area contributed by atoms with Crippen LogP contribution in [0.15, 0.2) is 0 Å². The van der Waals surface area contributed by atoms with Gasteiger partial charge in [-0.25, -0.2) is 0 Å². The zero-order chi connectivity index (χ0) is 12.9.